The molecule has 2 heterocycles. The van der Waals surface area contributed by atoms with Crippen LogP contribution >= 0.6 is 11.5 Å². The summed E-state index contributed by atoms with van der Waals surface area (Å²) >= 11 is 1.06. The quantitative estimate of drug-likeness (QED) is 0.765. The van der Waals surface area contributed by atoms with E-state index in [2.05, 4.69) is 4.37 Å². The number of fused-ring (bicyclic) bond motifs is 1. The van der Waals surface area contributed by atoms with Crippen LogP contribution < -0.4 is 11.2 Å². The molecule has 3 aromatic rings. The van der Waals surface area contributed by atoms with Gasteiger partial charge in [-0.15, -0.1) is 0 Å². The van der Waals surface area contributed by atoms with Crippen molar-refractivity contribution in [1.82, 2.24) is 13.5 Å². The smallest absolute Gasteiger partial charge is 0.356 e. The first kappa shape index (κ1) is 14.2. The van der Waals surface area contributed by atoms with Gasteiger partial charge in [-0.1, -0.05) is 0 Å². The summed E-state index contributed by atoms with van der Waals surface area (Å²) in [6.45, 7) is 1.67. The monoisotopic (exact) mass is 317 g/mol. The molecule has 0 aliphatic heterocycles. The number of aromatic nitrogens is 3. The third-order valence-electron chi connectivity index (χ3n) is 3.47. The predicted octanol–water partition coefficient (Wildman–Crippen LogP) is 1.15. The molecule has 0 spiro atoms. The summed E-state index contributed by atoms with van der Waals surface area (Å²) < 4.78 is 6.92. The second-order valence-electron chi connectivity index (χ2n) is 4.82. The summed E-state index contributed by atoms with van der Waals surface area (Å²) in [6, 6.07) is 6.11. The molecule has 8 heteroatoms. The van der Waals surface area contributed by atoms with Gasteiger partial charge in [-0.05, 0) is 36.7 Å². The zero-order valence-corrected chi connectivity index (χ0v) is 12.5. The van der Waals surface area contributed by atoms with E-state index in [1.165, 1.54) is 16.7 Å². The van der Waals surface area contributed by atoms with Gasteiger partial charge < -0.3 is 9.67 Å². The lowest BCUT2D eigenvalue weighted by Gasteiger charge is -2.09. The highest BCUT2D eigenvalue weighted by atomic mass is 32.1. The van der Waals surface area contributed by atoms with Gasteiger partial charge in [0.25, 0.3) is 5.56 Å². The second kappa shape index (κ2) is 4.92. The van der Waals surface area contributed by atoms with Crippen molar-refractivity contribution in [3.8, 4) is 5.69 Å². The first-order valence-corrected chi connectivity index (χ1v) is 7.10. The van der Waals surface area contributed by atoms with Crippen LogP contribution in [0.2, 0.25) is 0 Å². The van der Waals surface area contributed by atoms with Gasteiger partial charge in [-0.25, -0.2) is 14.2 Å². The van der Waals surface area contributed by atoms with Crippen LogP contribution in [0.25, 0.3) is 15.8 Å². The minimum atomic E-state index is -1.15. The van der Waals surface area contributed by atoms with Gasteiger partial charge in [-0.2, -0.15) is 4.37 Å². The van der Waals surface area contributed by atoms with Crippen LogP contribution in [0.1, 0.15) is 16.2 Å². The summed E-state index contributed by atoms with van der Waals surface area (Å²) in [5, 5.41) is 9.54. The summed E-state index contributed by atoms with van der Waals surface area (Å²) in [5.74, 6) is -1.15. The Morgan fingerprint density at radius 2 is 2.00 bits per heavy atom. The largest absolute Gasteiger partial charge is 0.476 e. The van der Waals surface area contributed by atoms with Crippen LogP contribution in [-0.4, -0.2) is 24.6 Å². The molecule has 0 unspecified atom stereocenters. The van der Waals surface area contributed by atoms with Crippen molar-refractivity contribution < 1.29 is 9.90 Å². The number of hydrogen-bond acceptors (Lipinski definition) is 5. The first-order valence-electron chi connectivity index (χ1n) is 6.33. The van der Waals surface area contributed by atoms with Crippen LogP contribution in [-0.2, 0) is 7.05 Å². The lowest BCUT2D eigenvalue weighted by Crippen LogP contribution is -2.38. The van der Waals surface area contributed by atoms with Gasteiger partial charge in [0, 0.05) is 24.2 Å². The first-order chi connectivity index (χ1) is 10.4. The van der Waals surface area contributed by atoms with Gasteiger partial charge in [-0.3, -0.25) is 4.79 Å². The Hall–Kier alpha value is -2.74. The van der Waals surface area contributed by atoms with E-state index in [-0.39, 0.29) is 5.69 Å². The highest BCUT2D eigenvalue weighted by Crippen LogP contribution is 2.24. The summed E-state index contributed by atoms with van der Waals surface area (Å²) in [5.41, 5.74) is -0.153. The highest BCUT2D eigenvalue weighted by Gasteiger charge is 2.15. The molecule has 0 saturated heterocycles. The fraction of sp³-hybridized carbons (Fsp3) is 0.143. The number of aromatic carboxylic acids is 1. The average molecular weight is 317 g/mol. The van der Waals surface area contributed by atoms with Gasteiger partial charge in [0.1, 0.15) is 0 Å². The number of carboxylic acids is 1. The molecule has 0 fully saturated rings. The van der Waals surface area contributed by atoms with E-state index in [0.29, 0.717) is 21.5 Å². The number of carbonyl (C=O) groups is 1. The Kier molecular flexibility index (Phi) is 3.18. The molecular weight excluding hydrogens is 306 g/mol. The van der Waals surface area contributed by atoms with Gasteiger partial charge in [0.2, 0.25) is 0 Å². The topological polar surface area (TPSA) is 94.2 Å². The molecule has 0 aliphatic carbocycles. The zero-order chi connectivity index (χ0) is 16.0. The van der Waals surface area contributed by atoms with E-state index in [4.69, 9.17) is 5.11 Å². The van der Waals surface area contributed by atoms with E-state index in [0.717, 1.165) is 16.1 Å². The van der Waals surface area contributed by atoms with Crippen LogP contribution in [0, 0.1) is 6.92 Å². The standard InChI is InChI=1S/C14H11N3O4S/c1-7-5-11(18)17(14(21)16(7)2)8-3-4-10-9(6-8)12(13(19)20)15-22-10/h3-6H,1-2H3,(H,19,20). The highest BCUT2D eigenvalue weighted by molar-refractivity contribution is 7.13. The molecule has 0 radical (unpaired) electrons. The normalized spacial score (nSPS) is 11.0. The number of hydrogen-bond donors (Lipinski definition) is 1. The zero-order valence-electron chi connectivity index (χ0n) is 11.7. The number of benzene rings is 1. The molecule has 0 aliphatic rings. The van der Waals surface area contributed by atoms with Crippen molar-refractivity contribution in [1.29, 1.82) is 0 Å². The number of carboxylic acid groups (broad SMARTS) is 1. The van der Waals surface area contributed by atoms with Crippen LogP contribution in [0.3, 0.4) is 0 Å². The molecule has 0 atom stereocenters. The number of rotatable bonds is 2. The molecule has 0 saturated carbocycles. The maximum Gasteiger partial charge on any atom is 0.356 e. The van der Waals surface area contributed by atoms with Crippen molar-refractivity contribution in [3.05, 3.63) is 56.5 Å². The minimum absolute atomic E-state index is 0.0844. The van der Waals surface area contributed by atoms with Crippen LogP contribution in [0.4, 0.5) is 0 Å². The molecule has 22 heavy (non-hydrogen) atoms. The number of nitrogens with zero attached hydrogens (tertiary/aromatic N) is 3. The van der Waals surface area contributed by atoms with Crippen LogP contribution in [0.15, 0.2) is 33.9 Å². The summed E-state index contributed by atoms with van der Waals surface area (Å²) in [7, 11) is 1.57. The molecule has 2 aromatic heterocycles. The van der Waals surface area contributed by atoms with Crippen molar-refractivity contribution in [2.45, 2.75) is 6.92 Å². The van der Waals surface area contributed by atoms with E-state index in [1.54, 1.807) is 26.1 Å². The molecule has 0 amide bonds. The molecule has 7 nitrogen and oxygen atoms in total. The third kappa shape index (κ3) is 2.04. The molecule has 112 valence electrons. The van der Waals surface area contributed by atoms with Crippen molar-refractivity contribution in [3.63, 3.8) is 0 Å². The Morgan fingerprint density at radius 1 is 1.27 bits per heavy atom. The van der Waals surface area contributed by atoms with Crippen molar-refractivity contribution in [2.75, 3.05) is 0 Å². The molecule has 3 rings (SSSR count). The minimum Gasteiger partial charge on any atom is -0.476 e. The number of aryl methyl sites for hydroxylation is 1. The Labute approximate surface area is 127 Å². The van der Waals surface area contributed by atoms with Gasteiger partial charge in [0.05, 0.1) is 10.4 Å². The summed E-state index contributed by atoms with van der Waals surface area (Å²) in [4.78, 5) is 35.6. The van der Waals surface area contributed by atoms with E-state index in [9.17, 15) is 14.4 Å². The van der Waals surface area contributed by atoms with Crippen molar-refractivity contribution in [2.24, 2.45) is 7.05 Å². The fourth-order valence-corrected chi connectivity index (χ4v) is 2.94. The maximum atomic E-state index is 12.3. The maximum absolute atomic E-state index is 12.3. The van der Waals surface area contributed by atoms with Crippen LogP contribution in [0.5, 0.6) is 0 Å². The van der Waals surface area contributed by atoms with E-state index >= 15 is 0 Å². The van der Waals surface area contributed by atoms with Gasteiger partial charge >= 0.3 is 11.7 Å². The molecular formula is C14H11N3O4S. The fourth-order valence-electron chi connectivity index (χ4n) is 2.19. The SMILES string of the molecule is Cc1cc(=O)n(-c2ccc3snc(C(=O)O)c3c2)c(=O)n1C. The Balaban J connectivity index is 2.35. The van der Waals surface area contributed by atoms with E-state index in [1.807, 2.05) is 0 Å². The Morgan fingerprint density at radius 3 is 2.68 bits per heavy atom. The molecule has 1 aromatic carbocycles. The Bertz CT molecular complexity index is 1030. The molecule has 1 N–H and O–H groups in total. The second-order valence-corrected chi connectivity index (χ2v) is 5.62. The van der Waals surface area contributed by atoms with E-state index < -0.39 is 17.2 Å². The lowest BCUT2D eigenvalue weighted by molar-refractivity contribution is 0.0694. The summed E-state index contributed by atoms with van der Waals surface area (Å²) in [6.07, 6.45) is 0. The lowest BCUT2D eigenvalue weighted by atomic mass is 10.2. The average Bonchev–Trinajstić information content (AvgIpc) is 2.88. The van der Waals surface area contributed by atoms with Crippen molar-refractivity contribution >= 4 is 27.6 Å². The predicted molar refractivity (Wildman–Crippen MR) is 82.2 cm³/mol. The molecule has 0 bridgehead atoms. The van der Waals surface area contributed by atoms with Gasteiger partial charge in [0.15, 0.2) is 5.69 Å². The third-order valence-corrected chi connectivity index (χ3v) is 4.30.